The van der Waals surface area contributed by atoms with Crippen LogP contribution in [0.1, 0.15) is 32.3 Å². The minimum absolute atomic E-state index is 0.202. The minimum Gasteiger partial charge on any atom is -0.384 e. The molecule has 0 fully saturated rings. The number of urea groups is 1. The Balaban J connectivity index is 1.62. The van der Waals surface area contributed by atoms with Crippen molar-refractivity contribution in [3.63, 3.8) is 0 Å². The van der Waals surface area contributed by atoms with Gasteiger partial charge in [-0.2, -0.15) is 5.10 Å². The van der Waals surface area contributed by atoms with Gasteiger partial charge in [-0.1, -0.05) is 13.8 Å². The zero-order chi connectivity index (χ0) is 17.4. The number of nitrogen functional groups attached to an aromatic ring is 1. The van der Waals surface area contributed by atoms with Crippen LogP contribution in [0.25, 0.3) is 0 Å². The van der Waals surface area contributed by atoms with Gasteiger partial charge in [0.1, 0.15) is 5.82 Å². The third-order valence-electron chi connectivity index (χ3n) is 3.47. The predicted molar refractivity (Wildman–Crippen MR) is 95.7 cm³/mol. The number of rotatable bonds is 8. The first-order valence-electron chi connectivity index (χ1n) is 8.30. The Morgan fingerprint density at radius 1 is 1.38 bits per heavy atom. The molecule has 0 aliphatic carbocycles. The Labute approximate surface area is 142 Å². The van der Waals surface area contributed by atoms with Crippen LogP contribution in [0.4, 0.5) is 16.3 Å². The van der Waals surface area contributed by atoms with Gasteiger partial charge in [0.2, 0.25) is 0 Å². The molecule has 0 aliphatic rings. The second-order valence-electron chi connectivity index (χ2n) is 6.27. The van der Waals surface area contributed by atoms with Crippen molar-refractivity contribution >= 4 is 17.5 Å². The summed E-state index contributed by atoms with van der Waals surface area (Å²) in [5, 5.41) is 9.87. The number of hydrogen-bond acceptors (Lipinski definition) is 4. The summed E-state index contributed by atoms with van der Waals surface area (Å²) in [7, 11) is 0. The number of nitrogens with one attached hydrogen (secondary N) is 2. The van der Waals surface area contributed by atoms with Gasteiger partial charge in [0.15, 0.2) is 0 Å². The third-order valence-corrected chi connectivity index (χ3v) is 3.47. The van der Waals surface area contributed by atoms with Crippen molar-refractivity contribution in [2.45, 2.75) is 39.7 Å². The van der Waals surface area contributed by atoms with Crippen LogP contribution in [0, 0.1) is 5.92 Å². The van der Waals surface area contributed by atoms with Crippen LogP contribution in [0.2, 0.25) is 0 Å². The van der Waals surface area contributed by atoms with E-state index in [0.29, 0.717) is 24.0 Å². The molecule has 0 aromatic carbocycles. The van der Waals surface area contributed by atoms with Crippen molar-refractivity contribution in [1.29, 1.82) is 0 Å². The number of hydrogen-bond donors (Lipinski definition) is 3. The normalized spacial score (nSPS) is 10.8. The van der Waals surface area contributed by atoms with Gasteiger partial charge in [-0.15, -0.1) is 0 Å². The molecule has 2 amide bonds. The molecule has 7 nitrogen and oxygen atoms in total. The number of aromatic nitrogens is 3. The van der Waals surface area contributed by atoms with E-state index >= 15 is 0 Å². The van der Waals surface area contributed by atoms with Crippen LogP contribution >= 0.6 is 0 Å². The van der Waals surface area contributed by atoms with E-state index in [0.717, 1.165) is 25.8 Å². The highest BCUT2D eigenvalue weighted by atomic mass is 16.2. The molecular formula is C17H26N6O. The maximum atomic E-state index is 11.8. The summed E-state index contributed by atoms with van der Waals surface area (Å²) in [6.45, 7) is 5.72. The van der Waals surface area contributed by atoms with E-state index in [-0.39, 0.29) is 6.03 Å². The number of carbonyl (C=O) groups excluding carboxylic acids is 1. The highest BCUT2D eigenvalue weighted by Crippen LogP contribution is 2.08. The Hall–Kier alpha value is -2.57. The molecule has 0 aliphatic heterocycles. The van der Waals surface area contributed by atoms with E-state index in [9.17, 15) is 4.79 Å². The largest absolute Gasteiger partial charge is 0.384 e. The molecule has 0 saturated heterocycles. The monoisotopic (exact) mass is 330 g/mol. The Morgan fingerprint density at radius 2 is 2.21 bits per heavy atom. The molecule has 0 bridgehead atoms. The lowest BCUT2D eigenvalue weighted by Gasteiger charge is -2.06. The second kappa shape index (κ2) is 8.90. The van der Waals surface area contributed by atoms with Crippen LogP contribution < -0.4 is 16.4 Å². The molecule has 0 saturated carbocycles. The van der Waals surface area contributed by atoms with E-state index in [4.69, 9.17) is 5.73 Å². The molecule has 0 atom stereocenters. The average molecular weight is 330 g/mol. The third kappa shape index (κ3) is 6.28. The van der Waals surface area contributed by atoms with Crippen LogP contribution in [-0.2, 0) is 13.0 Å². The molecule has 0 unspecified atom stereocenters. The smallest absolute Gasteiger partial charge is 0.319 e. The summed E-state index contributed by atoms with van der Waals surface area (Å²) in [4.78, 5) is 15.8. The minimum atomic E-state index is -0.202. The number of pyridine rings is 1. The van der Waals surface area contributed by atoms with Gasteiger partial charge < -0.3 is 16.4 Å². The lowest BCUT2D eigenvalue weighted by molar-refractivity contribution is 0.252. The number of aryl methyl sites for hydroxylation is 1. The number of amides is 2. The molecule has 2 aromatic heterocycles. The molecule has 7 heteroatoms. The molecule has 4 N–H and O–H groups in total. The zero-order valence-corrected chi connectivity index (χ0v) is 14.3. The van der Waals surface area contributed by atoms with E-state index in [2.05, 4.69) is 34.6 Å². The second-order valence-corrected chi connectivity index (χ2v) is 6.27. The molecule has 0 spiro atoms. The summed E-state index contributed by atoms with van der Waals surface area (Å²) < 4.78 is 1.83. The SMILES string of the molecule is CC(C)Cn1cc(NC(=O)NCCCCc2ccnc(N)c2)cn1. The highest BCUT2D eigenvalue weighted by Gasteiger charge is 2.05. The van der Waals surface area contributed by atoms with Gasteiger partial charge in [0.05, 0.1) is 11.9 Å². The van der Waals surface area contributed by atoms with E-state index in [1.807, 2.05) is 23.0 Å². The molecule has 0 radical (unpaired) electrons. The summed E-state index contributed by atoms with van der Waals surface area (Å²) in [6, 6.07) is 3.65. The standard InChI is InChI=1S/C17H26N6O/c1-13(2)11-23-12-15(10-21-23)22-17(24)20-7-4-3-5-14-6-8-19-16(18)9-14/h6,8-10,12-13H,3-5,7,11H2,1-2H3,(H2,18,19)(H2,20,22,24). The highest BCUT2D eigenvalue weighted by molar-refractivity contribution is 5.88. The zero-order valence-electron chi connectivity index (χ0n) is 14.3. The maximum Gasteiger partial charge on any atom is 0.319 e. The number of nitrogens with zero attached hydrogens (tertiary/aromatic N) is 3. The number of anilines is 2. The van der Waals surface area contributed by atoms with Crippen LogP contribution in [-0.4, -0.2) is 27.3 Å². The van der Waals surface area contributed by atoms with Crippen LogP contribution in [0.3, 0.4) is 0 Å². The first-order chi connectivity index (χ1) is 11.5. The van der Waals surface area contributed by atoms with E-state index < -0.39 is 0 Å². The van der Waals surface area contributed by atoms with Gasteiger partial charge in [-0.25, -0.2) is 9.78 Å². The molecule has 2 aromatic rings. The summed E-state index contributed by atoms with van der Waals surface area (Å²) in [6.07, 6.45) is 8.04. The van der Waals surface area contributed by atoms with E-state index in [1.54, 1.807) is 12.4 Å². The van der Waals surface area contributed by atoms with Gasteiger partial charge in [-0.05, 0) is 42.9 Å². The van der Waals surface area contributed by atoms with Crippen LogP contribution in [0.15, 0.2) is 30.7 Å². The molecule has 24 heavy (non-hydrogen) atoms. The fraction of sp³-hybridized carbons (Fsp3) is 0.471. The first-order valence-corrected chi connectivity index (χ1v) is 8.30. The van der Waals surface area contributed by atoms with Crippen molar-refractivity contribution in [1.82, 2.24) is 20.1 Å². The van der Waals surface area contributed by atoms with Gasteiger partial charge in [-0.3, -0.25) is 4.68 Å². The maximum absolute atomic E-state index is 11.8. The average Bonchev–Trinajstić information content (AvgIpc) is 2.93. The first kappa shape index (κ1) is 17.8. The van der Waals surface area contributed by atoms with Crippen LogP contribution in [0.5, 0.6) is 0 Å². The van der Waals surface area contributed by atoms with Crippen molar-refractivity contribution in [3.8, 4) is 0 Å². The Kier molecular flexibility index (Phi) is 6.60. The summed E-state index contributed by atoms with van der Waals surface area (Å²) in [5.74, 6) is 1.06. The van der Waals surface area contributed by atoms with Gasteiger partial charge >= 0.3 is 6.03 Å². The van der Waals surface area contributed by atoms with Gasteiger partial charge in [0, 0.05) is 25.5 Å². The van der Waals surface area contributed by atoms with E-state index in [1.165, 1.54) is 5.56 Å². The fourth-order valence-corrected chi connectivity index (χ4v) is 2.38. The topological polar surface area (TPSA) is 97.9 Å². The van der Waals surface area contributed by atoms with Crippen molar-refractivity contribution in [3.05, 3.63) is 36.3 Å². The lowest BCUT2D eigenvalue weighted by atomic mass is 10.1. The molecular weight excluding hydrogens is 304 g/mol. The van der Waals surface area contributed by atoms with Crippen molar-refractivity contribution in [2.75, 3.05) is 17.6 Å². The number of unbranched alkanes of at least 4 members (excludes halogenated alkanes) is 1. The fourth-order valence-electron chi connectivity index (χ4n) is 2.38. The molecule has 2 heterocycles. The van der Waals surface area contributed by atoms with Crippen molar-refractivity contribution in [2.24, 2.45) is 5.92 Å². The Morgan fingerprint density at radius 3 is 2.96 bits per heavy atom. The summed E-state index contributed by atoms with van der Waals surface area (Å²) in [5.41, 5.74) is 7.53. The Bertz CT molecular complexity index is 652. The molecule has 2 rings (SSSR count). The summed E-state index contributed by atoms with van der Waals surface area (Å²) >= 11 is 0. The van der Waals surface area contributed by atoms with Gasteiger partial charge in [0.25, 0.3) is 0 Å². The lowest BCUT2D eigenvalue weighted by Crippen LogP contribution is -2.29. The quantitative estimate of drug-likeness (QED) is 0.648. The predicted octanol–water partition coefficient (Wildman–Crippen LogP) is 2.66. The molecule has 130 valence electrons. The number of nitrogens with two attached hydrogens (primary N) is 1. The van der Waals surface area contributed by atoms with Crippen molar-refractivity contribution < 1.29 is 4.79 Å². The number of carbonyl (C=O) groups is 1.